The molecule has 1 aromatic rings. The van der Waals surface area contributed by atoms with Gasteiger partial charge in [-0.15, -0.1) is 0 Å². The van der Waals surface area contributed by atoms with Crippen LogP contribution >= 0.6 is 0 Å². The van der Waals surface area contributed by atoms with E-state index in [9.17, 15) is 14.4 Å². The Balaban J connectivity index is 1.31. The normalized spacial score (nSPS) is 27.2. The maximum absolute atomic E-state index is 13.1. The highest BCUT2D eigenvalue weighted by Gasteiger charge is 2.54. The first kappa shape index (κ1) is 20.9. The zero-order valence-electron chi connectivity index (χ0n) is 18.1. The summed E-state index contributed by atoms with van der Waals surface area (Å²) in [4.78, 5) is 41.9. The minimum absolute atomic E-state index is 0.0482. The number of benzene rings is 1. The molecule has 6 heteroatoms. The molecule has 3 fully saturated rings. The fraction of sp³-hybridized carbons (Fsp3) is 0.625. The number of carbonyl (C=O) groups excluding carboxylic acids is 3. The molecule has 0 aromatic heterocycles. The van der Waals surface area contributed by atoms with Crippen LogP contribution in [0.25, 0.3) is 0 Å². The van der Waals surface area contributed by atoms with Gasteiger partial charge in [0, 0.05) is 32.1 Å². The van der Waals surface area contributed by atoms with E-state index in [-0.39, 0.29) is 23.6 Å². The molecule has 3 saturated heterocycles. The molecule has 1 aromatic carbocycles. The summed E-state index contributed by atoms with van der Waals surface area (Å²) in [5, 5.41) is 2.96. The lowest BCUT2D eigenvalue weighted by molar-refractivity contribution is -0.136. The molecule has 6 nitrogen and oxygen atoms in total. The van der Waals surface area contributed by atoms with Gasteiger partial charge >= 0.3 is 0 Å². The molecule has 3 heterocycles. The molecule has 1 spiro atoms. The van der Waals surface area contributed by atoms with Crippen LogP contribution in [0.2, 0.25) is 0 Å². The summed E-state index contributed by atoms with van der Waals surface area (Å²) in [7, 11) is 0. The van der Waals surface area contributed by atoms with Crippen LogP contribution in [0, 0.1) is 17.3 Å². The van der Waals surface area contributed by atoms with Crippen molar-refractivity contribution in [3.05, 3.63) is 35.9 Å². The van der Waals surface area contributed by atoms with Gasteiger partial charge in [0.2, 0.25) is 17.7 Å². The van der Waals surface area contributed by atoms with E-state index >= 15 is 0 Å². The van der Waals surface area contributed by atoms with Crippen molar-refractivity contribution in [1.29, 1.82) is 0 Å². The first-order valence-corrected chi connectivity index (χ1v) is 11.3. The number of likely N-dealkylation sites (tertiary alicyclic amines) is 2. The average molecular weight is 412 g/mol. The first-order valence-electron chi connectivity index (χ1n) is 11.3. The Morgan fingerprint density at radius 3 is 2.47 bits per heavy atom. The molecule has 2 atom stereocenters. The van der Waals surface area contributed by atoms with Gasteiger partial charge in [0.05, 0.1) is 5.41 Å². The fourth-order valence-corrected chi connectivity index (χ4v) is 5.30. The quantitative estimate of drug-likeness (QED) is 0.826. The van der Waals surface area contributed by atoms with Crippen LogP contribution in [0.5, 0.6) is 0 Å². The molecule has 0 bridgehead atoms. The third-order valence-corrected chi connectivity index (χ3v) is 7.13. The van der Waals surface area contributed by atoms with Gasteiger partial charge in [0.1, 0.15) is 6.04 Å². The van der Waals surface area contributed by atoms with Crippen molar-refractivity contribution in [2.45, 2.75) is 52.0 Å². The van der Waals surface area contributed by atoms with Crippen LogP contribution in [-0.2, 0) is 20.8 Å². The minimum atomic E-state index is -0.587. The molecule has 30 heavy (non-hydrogen) atoms. The number of hydrogen-bond donors (Lipinski definition) is 1. The number of rotatable bonds is 4. The van der Waals surface area contributed by atoms with Crippen LogP contribution < -0.4 is 5.32 Å². The first-order chi connectivity index (χ1) is 14.4. The van der Waals surface area contributed by atoms with Gasteiger partial charge in [-0.05, 0) is 43.6 Å². The summed E-state index contributed by atoms with van der Waals surface area (Å²) >= 11 is 0. The minimum Gasteiger partial charge on any atom is -0.344 e. The van der Waals surface area contributed by atoms with Gasteiger partial charge in [-0.2, -0.15) is 0 Å². The summed E-state index contributed by atoms with van der Waals surface area (Å²) < 4.78 is 0. The average Bonchev–Trinajstić information content (AvgIpc) is 3.32. The summed E-state index contributed by atoms with van der Waals surface area (Å²) in [5.74, 6) is 0.617. The molecule has 3 aliphatic heterocycles. The topological polar surface area (TPSA) is 69.7 Å². The zero-order valence-corrected chi connectivity index (χ0v) is 18.1. The van der Waals surface area contributed by atoms with Gasteiger partial charge in [-0.25, -0.2) is 0 Å². The molecule has 0 radical (unpaired) electrons. The summed E-state index contributed by atoms with van der Waals surface area (Å²) in [6.45, 7) is 6.34. The number of nitrogens with one attached hydrogen (secondary N) is 1. The summed E-state index contributed by atoms with van der Waals surface area (Å²) in [6, 6.07) is 10.1. The highest BCUT2D eigenvalue weighted by Crippen LogP contribution is 2.40. The summed E-state index contributed by atoms with van der Waals surface area (Å²) in [5.41, 5.74) is 0.769. The predicted octanol–water partition coefficient (Wildman–Crippen LogP) is 2.23. The van der Waals surface area contributed by atoms with Crippen molar-refractivity contribution in [1.82, 2.24) is 15.1 Å². The molecular formula is C24H33N3O3. The Hall–Kier alpha value is -2.37. The van der Waals surface area contributed by atoms with Crippen LogP contribution in [0.1, 0.15) is 45.1 Å². The van der Waals surface area contributed by atoms with Gasteiger partial charge in [0.15, 0.2) is 0 Å². The Morgan fingerprint density at radius 2 is 1.80 bits per heavy atom. The third kappa shape index (κ3) is 4.09. The largest absolute Gasteiger partial charge is 0.344 e. The molecule has 3 aliphatic rings. The molecule has 162 valence electrons. The number of hydrogen-bond acceptors (Lipinski definition) is 3. The zero-order chi connectivity index (χ0) is 21.3. The molecular weight excluding hydrogens is 378 g/mol. The highest BCUT2D eigenvalue weighted by atomic mass is 16.2. The standard InChI is InChI=1S/C24H33N3O3/c1-17(2)21(28)27-13-10-24(16-27)15-20(25-23(24)30)22(29)26-11-8-19(9-12-26)14-18-6-4-3-5-7-18/h3-7,17,19-20H,8-16H2,1-2H3,(H,25,30)/t20-,24+/m0/s1. The number of piperidine rings is 1. The van der Waals surface area contributed by atoms with E-state index in [4.69, 9.17) is 0 Å². The number of nitrogens with zero attached hydrogens (tertiary/aromatic N) is 2. The lowest BCUT2D eigenvalue weighted by Gasteiger charge is -2.33. The maximum atomic E-state index is 13.1. The van der Waals surface area contributed by atoms with Crippen molar-refractivity contribution in [2.75, 3.05) is 26.2 Å². The van der Waals surface area contributed by atoms with Crippen LogP contribution in [0.3, 0.4) is 0 Å². The lowest BCUT2D eigenvalue weighted by Crippen LogP contribution is -2.47. The van der Waals surface area contributed by atoms with Crippen molar-refractivity contribution >= 4 is 17.7 Å². The monoisotopic (exact) mass is 411 g/mol. The summed E-state index contributed by atoms with van der Waals surface area (Å²) in [6.07, 6.45) is 4.23. The number of amides is 3. The Kier molecular flexibility index (Phi) is 5.85. The second kappa shape index (κ2) is 8.40. The fourth-order valence-electron chi connectivity index (χ4n) is 5.30. The maximum Gasteiger partial charge on any atom is 0.245 e. The third-order valence-electron chi connectivity index (χ3n) is 7.13. The van der Waals surface area contributed by atoms with E-state index in [0.717, 1.165) is 32.4 Å². The van der Waals surface area contributed by atoms with E-state index in [1.807, 2.05) is 24.8 Å². The molecule has 4 rings (SSSR count). The van der Waals surface area contributed by atoms with Crippen LogP contribution in [0.15, 0.2) is 30.3 Å². The SMILES string of the molecule is CC(C)C(=O)N1CC[C@@]2(C[C@@H](C(=O)N3CCC(Cc4ccccc4)CC3)NC2=O)C1. The number of carbonyl (C=O) groups is 3. The predicted molar refractivity (Wildman–Crippen MR) is 114 cm³/mol. The van der Waals surface area contributed by atoms with Crippen molar-refractivity contribution < 1.29 is 14.4 Å². The van der Waals surface area contributed by atoms with Crippen LogP contribution in [-0.4, -0.2) is 59.7 Å². The smallest absolute Gasteiger partial charge is 0.245 e. The van der Waals surface area contributed by atoms with E-state index in [0.29, 0.717) is 31.8 Å². The van der Waals surface area contributed by atoms with Gasteiger partial charge in [0.25, 0.3) is 0 Å². The van der Waals surface area contributed by atoms with Crippen molar-refractivity contribution in [3.63, 3.8) is 0 Å². The van der Waals surface area contributed by atoms with Crippen molar-refractivity contribution in [3.8, 4) is 0 Å². The van der Waals surface area contributed by atoms with Gasteiger partial charge in [-0.1, -0.05) is 44.2 Å². The van der Waals surface area contributed by atoms with Gasteiger partial charge in [-0.3, -0.25) is 14.4 Å². The highest BCUT2D eigenvalue weighted by molar-refractivity contribution is 5.95. The Morgan fingerprint density at radius 1 is 1.10 bits per heavy atom. The van der Waals surface area contributed by atoms with Crippen molar-refractivity contribution in [2.24, 2.45) is 17.3 Å². The Bertz CT molecular complexity index is 801. The van der Waals surface area contributed by atoms with E-state index in [1.165, 1.54) is 5.56 Å². The molecule has 0 unspecified atom stereocenters. The van der Waals surface area contributed by atoms with Gasteiger partial charge < -0.3 is 15.1 Å². The molecule has 0 aliphatic carbocycles. The molecule has 1 N–H and O–H groups in total. The molecule has 0 saturated carbocycles. The Labute approximate surface area is 179 Å². The lowest BCUT2D eigenvalue weighted by atomic mass is 9.83. The second-order valence-electron chi connectivity index (χ2n) is 9.63. The van der Waals surface area contributed by atoms with E-state index in [1.54, 1.807) is 4.90 Å². The van der Waals surface area contributed by atoms with Crippen LogP contribution in [0.4, 0.5) is 0 Å². The van der Waals surface area contributed by atoms with E-state index in [2.05, 4.69) is 29.6 Å². The van der Waals surface area contributed by atoms with E-state index < -0.39 is 11.5 Å². The second-order valence-corrected chi connectivity index (χ2v) is 9.63. The molecule has 3 amide bonds.